The van der Waals surface area contributed by atoms with E-state index < -0.39 is 0 Å². The van der Waals surface area contributed by atoms with Gasteiger partial charge >= 0.3 is 0 Å². The Morgan fingerprint density at radius 2 is 2.48 bits per heavy atom. The van der Waals surface area contributed by atoms with Gasteiger partial charge in [0.15, 0.2) is 10.7 Å². The first-order chi connectivity index (χ1) is 10.2. The summed E-state index contributed by atoms with van der Waals surface area (Å²) < 4.78 is 5.25. The molecule has 3 aromatic heterocycles. The van der Waals surface area contributed by atoms with Crippen LogP contribution in [0, 0.1) is 0 Å². The topological polar surface area (TPSA) is 74.2 Å². The van der Waals surface area contributed by atoms with Crippen LogP contribution in [0.2, 0.25) is 0 Å². The van der Waals surface area contributed by atoms with E-state index in [4.69, 9.17) is 4.42 Å². The van der Waals surface area contributed by atoms with Crippen LogP contribution in [0.3, 0.4) is 0 Å². The number of anilines is 1. The number of carbonyl (C=O) groups excluding carboxylic acids is 1. The number of aromatic amines is 1. The van der Waals surface area contributed by atoms with Gasteiger partial charge in [-0.3, -0.25) is 10.1 Å². The fraction of sp³-hybridized carbons (Fsp3) is 0.286. The summed E-state index contributed by atoms with van der Waals surface area (Å²) in [6.45, 7) is 1.91. The van der Waals surface area contributed by atoms with Crippen molar-refractivity contribution in [1.82, 2.24) is 14.9 Å². The average molecular weight is 302 g/mol. The molecule has 4 heterocycles. The quantitative estimate of drug-likeness (QED) is 0.762. The van der Waals surface area contributed by atoms with Crippen molar-refractivity contribution in [3.8, 4) is 0 Å². The number of amides is 1. The number of nitrogens with zero attached hydrogens (tertiary/aromatic N) is 2. The first-order valence-electron chi connectivity index (χ1n) is 6.74. The molecule has 1 aliphatic rings. The molecular weight excluding hydrogens is 288 g/mol. The maximum Gasteiger partial charge on any atom is 0.274 e. The van der Waals surface area contributed by atoms with E-state index in [1.54, 1.807) is 29.7 Å². The summed E-state index contributed by atoms with van der Waals surface area (Å²) in [5.41, 5.74) is 3.09. The van der Waals surface area contributed by atoms with Gasteiger partial charge in [-0.15, -0.1) is 11.3 Å². The second-order valence-corrected chi connectivity index (χ2v) is 6.30. The van der Waals surface area contributed by atoms with Crippen LogP contribution in [0.25, 0.3) is 11.1 Å². The molecule has 6 nitrogen and oxygen atoms in total. The molecule has 0 spiro atoms. The molecule has 0 saturated heterocycles. The number of furan rings is 1. The number of nitrogens with one attached hydrogen (secondary N) is 2. The van der Waals surface area contributed by atoms with Gasteiger partial charge in [-0.1, -0.05) is 0 Å². The largest absolute Gasteiger partial charge is 0.463 e. The predicted octanol–water partition coefficient (Wildman–Crippen LogP) is 2.46. The van der Waals surface area contributed by atoms with Gasteiger partial charge in [0.25, 0.3) is 5.91 Å². The van der Waals surface area contributed by atoms with Gasteiger partial charge in [0.1, 0.15) is 5.69 Å². The maximum absolute atomic E-state index is 12.2. The molecule has 3 aromatic rings. The van der Waals surface area contributed by atoms with Crippen molar-refractivity contribution >= 4 is 33.5 Å². The molecule has 21 heavy (non-hydrogen) atoms. The zero-order valence-electron chi connectivity index (χ0n) is 11.5. The molecule has 0 unspecified atom stereocenters. The molecule has 0 aromatic carbocycles. The van der Waals surface area contributed by atoms with Gasteiger partial charge < -0.3 is 14.3 Å². The first kappa shape index (κ1) is 12.6. The molecule has 1 aliphatic heterocycles. The third-order valence-corrected chi connectivity index (χ3v) is 4.62. The lowest BCUT2D eigenvalue weighted by Gasteiger charge is -2.20. The summed E-state index contributed by atoms with van der Waals surface area (Å²) in [6, 6.07) is 3.50. The van der Waals surface area contributed by atoms with Crippen molar-refractivity contribution in [2.24, 2.45) is 0 Å². The molecule has 0 bridgehead atoms. The second-order valence-electron chi connectivity index (χ2n) is 5.21. The normalized spacial score (nSPS) is 15.3. The minimum Gasteiger partial charge on any atom is -0.463 e. The summed E-state index contributed by atoms with van der Waals surface area (Å²) in [7, 11) is 2.09. The number of aromatic nitrogens is 2. The van der Waals surface area contributed by atoms with Crippen molar-refractivity contribution in [2.45, 2.75) is 13.0 Å². The minimum absolute atomic E-state index is 0.194. The highest BCUT2D eigenvalue weighted by Crippen LogP contribution is 2.28. The Balaban J connectivity index is 1.55. The van der Waals surface area contributed by atoms with Crippen molar-refractivity contribution in [2.75, 3.05) is 18.9 Å². The van der Waals surface area contributed by atoms with Crippen molar-refractivity contribution in [3.63, 3.8) is 0 Å². The van der Waals surface area contributed by atoms with Gasteiger partial charge in [0, 0.05) is 36.5 Å². The Morgan fingerprint density at radius 3 is 3.33 bits per heavy atom. The van der Waals surface area contributed by atoms with E-state index in [9.17, 15) is 4.79 Å². The molecule has 0 fully saturated rings. The van der Waals surface area contributed by atoms with Crippen LogP contribution in [-0.4, -0.2) is 34.4 Å². The van der Waals surface area contributed by atoms with Crippen LogP contribution >= 0.6 is 11.3 Å². The highest BCUT2D eigenvalue weighted by Gasteiger charge is 2.20. The van der Waals surface area contributed by atoms with Crippen LogP contribution in [0.4, 0.5) is 5.13 Å². The third-order valence-electron chi connectivity index (χ3n) is 3.63. The Labute approximate surface area is 124 Å². The van der Waals surface area contributed by atoms with E-state index >= 15 is 0 Å². The molecule has 7 heteroatoms. The Kier molecular flexibility index (Phi) is 2.83. The monoisotopic (exact) mass is 302 g/mol. The molecule has 1 amide bonds. The van der Waals surface area contributed by atoms with Crippen LogP contribution in [0.15, 0.2) is 22.8 Å². The summed E-state index contributed by atoms with van der Waals surface area (Å²) in [5.74, 6) is -0.194. The fourth-order valence-electron chi connectivity index (χ4n) is 2.51. The van der Waals surface area contributed by atoms with Gasteiger partial charge in [0.05, 0.1) is 17.5 Å². The Morgan fingerprint density at radius 1 is 1.57 bits per heavy atom. The predicted molar refractivity (Wildman–Crippen MR) is 80.7 cm³/mol. The average Bonchev–Trinajstić information content (AvgIpc) is 3.09. The minimum atomic E-state index is -0.194. The van der Waals surface area contributed by atoms with E-state index in [2.05, 4.69) is 27.2 Å². The van der Waals surface area contributed by atoms with Crippen molar-refractivity contribution in [3.05, 3.63) is 34.7 Å². The van der Waals surface area contributed by atoms with Gasteiger partial charge in [0.2, 0.25) is 0 Å². The SMILES string of the molecule is CN1CCc2nc(NC(=O)c3cc4occc4[nH]3)sc2C1. The Bertz CT molecular complexity index is 788. The molecule has 0 saturated carbocycles. The van der Waals surface area contributed by atoms with Crippen LogP contribution in [0.5, 0.6) is 0 Å². The van der Waals surface area contributed by atoms with E-state index in [1.165, 1.54) is 4.88 Å². The number of carbonyl (C=O) groups is 1. The molecule has 4 rings (SSSR count). The zero-order chi connectivity index (χ0) is 14.4. The number of fused-ring (bicyclic) bond motifs is 2. The lowest BCUT2D eigenvalue weighted by Crippen LogP contribution is -2.25. The molecule has 0 atom stereocenters. The van der Waals surface area contributed by atoms with E-state index in [0.29, 0.717) is 16.4 Å². The summed E-state index contributed by atoms with van der Waals surface area (Å²) in [6.07, 6.45) is 2.53. The van der Waals surface area contributed by atoms with Gasteiger partial charge in [-0.05, 0) is 7.05 Å². The first-order valence-corrected chi connectivity index (χ1v) is 7.55. The molecule has 2 N–H and O–H groups in total. The molecule has 0 aliphatic carbocycles. The molecule has 0 radical (unpaired) electrons. The van der Waals surface area contributed by atoms with E-state index in [1.807, 2.05) is 0 Å². The van der Waals surface area contributed by atoms with Crippen LogP contribution < -0.4 is 5.32 Å². The number of thiazole rings is 1. The van der Waals surface area contributed by atoms with E-state index in [0.717, 1.165) is 30.7 Å². The summed E-state index contributed by atoms with van der Waals surface area (Å²) in [4.78, 5) is 23.3. The second kappa shape index (κ2) is 4.71. The fourth-order valence-corrected chi connectivity index (χ4v) is 3.60. The van der Waals surface area contributed by atoms with Gasteiger partial charge in [-0.25, -0.2) is 4.98 Å². The lowest BCUT2D eigenvalue weighted by atomic mass is 10.2. The molecule has 108 valence electrons. The summed E-state index contributed by atoms with van der Waals surface area (Å²) in [5, 5.41) is 3.52. The number of rotatable bonds is 2. The highest BCUT2D eigenvalue weighted by molar-refractivity contribution is 7.15. The van der Waals surface area contributed by atoms with Gasteiger partial charge in [-0.2, -0.15) is 0 Å². The zero-order valence-corrected chi connectivity index (χ0v) is 12.3. The third kappa shape index (κ3) is 2.24. The van der Waals surface area contributed by atoms with Crippen molar-refractivity contribution < 1.29 is 9.21 Å². The lowest BCUT2D eigenvalue weighted by molar-refractivity contribution is 0.102. The van der Waals surface area contributed by atoms with Crippen LogP contribution in [-0.2, 0) is 13.0 Å². The Hall–Kier alpha value is -2.12. The highest BCUT2D eigenvalue weighted by atomic mass is 32.1. The molecular formula is C14H14N4O2S. The number of likely N-dealkylation sites (N-methyl/N-ethyl adjacent to an activating group) is 1. The van der Waals surface area contributed by atoms with Crippen molar-refractivity contribution in [1.29, 1.82) is 0 Å². The smallest absolute Gasteiger partial charge is 0.274 e. The standard InChI is InChI=1S/C14H14N4O2S/c1-18-4-2-9-12(7-18)21-14(16-9)17-13(19)10-6-11-8(15-10)3-5-20-11/h3,5-6,15H,2,4,7H2,1H3,(H,16,17,19). The maximum atomic E-state index is 12.2. The number of hydrogen-bond donors (Lipinski definition) is 2. The van der Waals surface area contributed by atoms with Crippen LogP contribution in [0.1, 0.15) is 21.1 Å². The number of hydrogen-bond acceptors (Lipinski definition) is 5. The summed E-state index contributed by atoms with van der Waals surface area (Å²) >= 11 is 1.55. The number of H-pyrrole nitrogens is 1. The van der Waals surface area contributed by atoms with E-state index in [-0.39, 0.29) is 5.91 Å².